The Morgan fingerprint density at radius 1 is 1.14 bits per heavy atom. The highest BCUT2D eigenvalue weighted by Gasteiger charge is 2.59. The Kier molecular flexibility index (Phi) is 5.22. The molecule has 1 amide bonds. The van der Waals surface area contributed by atoms with Crippen LogP contribution in [0.2, 0.25) is 10.0 Å². The molecule has 2 aromatic rings. The van der Waals surface area contributed by atoms with Gasteiger partial charge in [0.2, 0.25) is 5.91 Å². The SMILES string of the molecule is CC[C@@]12CC[C@@H](c3ccc(C)cc3Cl)[C@H](c3ccc(Cl)cc3)[C@@H]1[C@@H](C)NC2=O. The zero-order valence-electron chi connectivity index (χ0n) is 16.6. The van der Waals surface area contributed by atoms with Crippen LogP contribution in [0.25, 0.3) is 0 Å². The molecule has 0 spiro atoms. The molecule has 0 radical (unpaired) electrons. The molecule has 2 fully saturated rings. The summed E-state index contributed by atoms with van der Waals surface area (Å²) in [5.41, 5.74) is 3.32. The first-order chi connectivity index (χ1) is 13.4. The van der Waals surface area contributed by atoms with Crippen molar-refractivity contribution in [1.29, 1.82) is 0 Å². The van der Waals surface area contributed by atoms with Gasteiger partial charge in [-0.25, -0.2) is 0 Å². The van der Waals surface area contributed by atoms with Crippen LogP contribution in [0.5, 0.6) is 0 Å². The predicted molar refractivity (Wildman–Crippen MR) is 116 cm³/mol. The summed E-state index contributed by atoms with van der Waals surface area (Å²) < 4.78 is 0. The maximum atomic E-state index is 13.0. The molecule has 0 unspecified atom stereocenters. The second-order valence-corrected chi connectivity index (χ2v) is 9.39. The van der Waals surface area contributed by atoms with Crippen LogP contribution >= 0.6 is 23.2 Å². The Bertz CT molecular complexity index is 894. The van der Waals surface area contributed by atoms with Gasteiger partial charge in [0, 0.05) is 22.0 Å². The average Bonchev–Trinajstić information content (AvgIpc) is 2.93. The smallest absolute Gasteiger partial charge is 0.226 e. The Hall–Kier alpha value is -1.51. The first kappa shape index (κ1) is 19.8. The summed E-state index contributed by atoms with van der Waals surface area (Å²) in [6.45, 7) is 6.38. The Labute approximate surface area is 177 Å². The van der Waals surface area contributed by atoms with Crippen LogP contribution in [0, 0.1) is 18.3 Å². The Balaban J connectivity index is 1.87. The van der Waals surface area contributed by atoms with E-state index in [2.05, 4.69) is 56.4 Å². The molecule has 2 nitrogen and oxygen atoms in total. The summed E-state index contributed by atoms with van der Waals surface area (Å²) in [5.74, 6) is 0.969. The second kappa shape index (κ2) is 7.39. The number of halogens is 2. The lowest BCUT2D eigenvalue weighted by molar-refractivity contribution is -0.131. The number of hydrogen-bond donors (Lipinski definition) is 1. The van der Waals surface area contributed by atoms with E-state index in [0.29, 0.717) is 0 Å². The number of aryl methyl sites for hydroxylation is 1. The van der Waals surface area contributed by atoms with E-state index in [1.165, 1.54) is 16.7 Å². The molecular weight excluding hydrogens is 389 g/mol. The van der Waals surface area contributed by atoms with E-state index in [1.54, 1.807) is 0 Å². The number of rotatable bonds is 3. The molecule has 1 aliphatic carbocycles. The first-order valence-electron chi connectivity index (χ1n) is 10.2. The van der Waals surface area contributed by atoms with Crippen LogP contribution in [-0.4, -0.2) is 11.9 Å². The van der Waals surface area contributed by atoms with Gasteiger partial charge in [0.15, 0.2) is 0 Å². The molecule has 0 bridgehead atoms. The quantitative estimate of drug-likeness (QED) is 0.609. The van der Waals surface area contributed by atoms with Crippen LogP contribution in [0.4, 0.5) is 0 Å². The molecule has 2 aromatic carbocycles. The molecular formula is C24H27Cl2NO. The Morgan fingerprint density at radius 2 is 1.86 bits per heavy atom. The van der Waals surface area contributed by atoms with E-state index < -0.39 is 0 Å². The van der Waals surface area contributed by atoms with E-state index in [0.717, 1.165) is 29.3 Å². The fourth-order valence-corrected chi connectivity index (χ4v) is 6.33. The monoisotopic (exact) mass is 415 g/mol. The largest absolute Gasteiger partial charge is 0.353 e. The second-order valence-electron chi connectivity index (χ2n) is 8.55. The third-order valence-corrected chi connectivity index (χ3v) is 7.73. The topological polar surface area (TPSA) is 29.1 Å². The number of nitrogens with one attached hydrogen (secondary N) is 1. The van der Waals surface area contributed by atoms with Crippen molar-refractivity contribution in [3.8, 4) is 0 Å². The van der Waals surface area contributed by atoms with Crippen molar-refractivity contribution in [2.75, 3.05) is 0 Å². The van der Waals surface area contributed by atoms with E-state index in [1.807, 2.05) is 12.1 Å². The molecule has 4 rings (SSSR count). The van der Waals surface area contributed by atoms with Gasteiger partial charge >= 0.3 is 0 Å². The Morgan fingerprint density at radius 3 is 2.50 bits per heavy atom. The van der Waals surface area contributed by atoms with E-state index in [-0.39, 0.29) is 35.1 Å². The van der Waals surface area contributed by atoms with Crippen molar-refractivity contribution in [3.63, 3.8) is 0 Å². The van der Waals surface area contributed by atoms with Gasteiger partial charge in [0.25, 0.3) is 0 Å². The maximum Gasteiger partial charge on any atom is 0.226 e. The average molecular weight is 416 g/mol. The summed E-state index contributed by atoms with van der Waals surface area (Å²) in [6, 6.07) is 14.7. The van der Waals surface area contributed by atoms with Crippen molar-refractivity contribution in [3.05, 3.63) is 69.2 Å². The zero-order chi connectivity index (χ0) is 20.1. The predicted octanol–water partition coefficient (Wildman–Crippen LogP) is 6.49. The van der Waals surface area contributed by atoms with Crippen molar-refractivity contribution in [1.82, 2.24) is 5.32 Å². The lowest BCUT2D eigenvalue weighted by Gasteiger charge is -2.47. The number of hydrogen-bond acceptors (Lipinski definition) is 1. The standard InChI is InChI=1S/C24H27Cl2NO/c1-4-24-12-11-19(18-10-5-14(2)13-20(18)26)21(16-6-8-17(25)9-7-16)22(24)15(3)27-23(24)28/h5-10,13,15,19,21-22H,4,11-12H2,1-3H3,(H,27,28)/t15-,19+,21+,22+,24-/m1/s1. The number of fused-ring (bicyclic) bond motifs is 1. The van der Waals surface area contributed by atoms with Crippen LogP contribution in [-0.2, 0) is 4.79 Å². The fourth-order valence-electron chi connectivity index (χ4n) is 5.83. The van der Waals surface area contributed by atoms with Crippen molar-refractivity contribution in [2.24, 2.45) is 11.3 Å². The van der Waals surface area contributed by atoms with Gasteiger partial charge < -0.3 is 5.32 Å². The van der Waals surface area contributed by atoms with Gasteiger partial charge in [-0.2, -0.15) is 0 Å². The summed E-state index contributed by atoms with van der Waals surface area (Å²) in [6.07, 6.45) is 2.73. The van der Waals surface area contributed by atoms with E-state index in [4.69, 9.17) is 23.2 Å². The summed E-state index contributed by atoms with van der Waals surface area (Å²) in [4.78, 5) is 13.0. The highest BCUT2D eigenvalue weighted by molar-refractivity contribution is 6.31. The molecule has 148 valence electrons. The lowest BCUT2D eigenvalue weighted by Crippen LogP contribution is -2.43. The van der Waals surface area contributed by atoms with Crippen LogP contribution in [0.1, 0.15) is 61.6 Å². The van der Waals surface area contributed by atoms with Crippen LogP contribution in [0.3, 0.4) is 0 Å². The fraction of sp³-hybridized carbons (Fsp3) is 0.458. The molecule has 5 atom stereocenters. The molecule has 2 aliphatic rings. The van der Waals surface area contributed by atoms with Gasteiger partial charge in [-0.1, -0.05) is 54.4 Å². The molecule has 1 N–H and O–H groups in total. The summed E-state index contributed by atoms with van der Waals surface area (Å²) >= 11 is 12.9. The normalized spacial score (nSPS) is 32.1. The molecule has 1 saturated carbocycles. The van der Waals surface area contributed by atoms with E-state index >= 15 is 0 Å². The minimum atomic E-state index is -0.294. The summed E-state index contributed by atoms with van der Waals surface area (Å²) in [7, 11) is 0. The highest BCUT2D eigenvalue weighted by atomic mass is 35.5. The van der Waals surface area contributed by atoms with Gasteiger partial charge in [-0.3, -0.25) is 4.79 Å². The van der Waals surface area contributed by atoms with Crippen LogP contribution in [0.15, 0.2) is 42.5 Å². The maximum absolute atomic E-state index is 13.0. The molecule has 0 aromatic heterocycles. The number of amides is 1. The zero-order valence-corrected chi connectivity index (χ0v) is 18.1. The number of carbonyl (C=O) groups is 1. The van der Waals surface area contributed by atoms with Crippen molar-refractivity contribution < 1.29 is 4.79 Å². The lowest BCUT2D eigenvalue weighted by atomic mass is 9.54. The molecule has 1 saturated heterocycles. The third-order valence-electron chi connectivity index (χ3n) is 7.15. The van der Waals surface area contributed by atoms with Gasteiger partial charge in [0.05, 0.1) is 5.41 Å². The highest BCUT2D eigenvalue weighted by Crippen LogP contribution is 2.60. The summed E-state index contributed by atoms with van der Waals surface area (Å²) in [5, 5.41) is 4.83. The minimum Gasteiger partial charge on any atom is -0.353 e. The van der Waals surface area contributed by atoms with Gasteiger partial charge in [-0.15, -0.1) is 0 Å². The van der Waals surface area contributed by atoms with Crippen LogP contribution < -0.4 is 5.32 Å². The number of carbonyl (C=O) groups excluding carboxylic acids is 1. The molecule has 28 heavy (non-hydrogen) atoms. The third kappa shape index (κ3) is 3.06. The van der Waals surface area contributed by atoms with E-state index in [9.17, 15) is 4.79 Å². The first-order valence-corrected chi connectivity index (χ1v) is 11.0. The molecule has 1 heterocycles. The number of benzene rings is 2. The van der Waals surface area contributed by atoms with Crippen molar-refractivity contribution >= 4 is 29.1 Å². The van der Waals surface area contributed by atoms with Crippen molar-refractivity contribution in [2.45, 2.75) is 57.9 Å². The van der Waals surface area contributed by atoms with Gasteiger partial charge in [-0.05, 0) is 79.8 Å². The molecule has 4 heteroatoms. The minimum absolute atomic E-state index is 0.139. The molecule has 1 aliphatic heterocycles. The van der Waals surface area contributed by atoms with Gasteiger partial charge in [0.1, 0.15) is 0 Å².